The van der Waals surface area contributed by atoms with Crippen LogP contribution in [-0.4, -0.2) is 19.2 Å². The molecular weight excluding hydrogens is 213 g/mol. The number of hydrogen-bond acceptors (Lipinski definition) is 6. The Morgan fingerprint density at radius 3 is 2.13 bits per heavy atom. The number of esters is 1. The predicted octanol–water partition coefficient (Wildman–Crippen LogP) is -7.04. The predicted molar refractivity (Wildman–Crippen MR) is 39.3 cm³/mol. The summed E-state index contributed by atoms with van der Waals surface area (Å²) >= 11 is 0. The topological polar surface area (TPSA) is 98.7 Å². The molecule has 76 valence electrons. The minimum atomic E-state index is -4.96. The number of carbonyl (C=O) groups is 1. The van der Waals surface area contributed by atoms with E-state index in [1.54, 1.807) is 0 Å². The average Bonchev–Trinajstić information content (AvgIpc) is 1.95. The van der Waals surface area contributed by atoms with Gasteiger partial charge >= 0.3 is 43.7 Å². The number of carbonyl (C=O) groups excluding carboxylic acids is 1. The van der Waals surface area contributed by atoms with E-state index in [4.69, 9.17) is 0 Å². The van der Waals surface area contributed by atoms with E-state index in [9.17, 15) is 19.1 Å². The molecule has 15 heavy (non-hydrogen) atoms. The van der Waals surface area contributed by atoms with Crippen LogP contribution < -0.4 is 47.5 Å². The molecule has 0 bridgehead atoms. The zero-order valence-corrected chi connectivity index (χ0v) is 9.91. The number of rotatable bonds is 5. The van der Waals surface area contributed by atoms with Gasteiger partial charge in [-0.2, -0.15) is 0 Å². The Kier molecular flexibility index (Phi) is 13.5. The molecule has 0 aromatic carbocycles. The second-order valence-electron chi connectivity index (χ2n) is 2.20. The minimum absolute atomic E-state index is 0. The van der Waals surface area contributed by atoms with Crippen LogP contribution in [0.5, 0.6) is 0 Å². The smallest absolute Gasteiger partial charge is 0.790 e. The molecule has 0 heterocycles. The number of ether oxygens (including phenoxy) is 1. The van der Waals surface area contributed by atoms with Crippen molar-refractivity contribution in [3.8, 4) is 0 Å². The SMILES string of the molecule is C=C(C)C(=O)OCCOP(=O)([O-])[O-].[Li+].[Li+]. The van der Waals surface area contributed by atoms with Crippen molar-refractivity contribution in [2.75, 3.05) is 13.2 Å². The third-order valence-electron chi connectivity index (χ3n) is 0.914. The van der Waals surface area contributed by atoms with Crippen LogP contribution in [0.4, 0.5) is 0 Å². The first-order chi connectivity index (χ1) is 5.83. The van der Waals surface area contributed by atoms with E-state index >= 15 is 0 Å². The molecule has 0 radical (unpaired) electrons. The Labute approximate surface area is 112 Å². The van der Waals surface area contributed by atoms with Gasteiger partial charge in [-0.25, -0.2) is 4.79 Å². The van der Waals surface area contributed by atoms with Crippen LogP contribution in [0.15, 0.2) is 12.2 Å². The van der Waals surface area contributed by atoms with Gasteiger partial charge in [0, 0.05) is 5.57 Å². The van der Waals surface area contributed by atoms with Gasteiger partial charge in [-0.1, -0.05) is 6.58 Å². The van der Waals surface area contributed by atoms with E-state index in [1.807, 2.05) is 0 Å². The van der Waals surface area contributed by atoms with E-state index in [2.05, 4.69) is 15.8 Å². The largest absolute Gasteiger partial charge is 1.00 e. The number of phosphoric acid groups is 1. The maximum Gasteiger partial charge on any atom is 1.00 e. The van der Waals surface area contributed by atoms with Crippen molar-refractivity contribution in [1.29, 1.82) is 0 Å². The summed E-state index contributed by atoms with van der Waals surface area (Å²) in [6.45, 7) is 3.97. The molecule has 0 spiro atoms. The first-order valence-electron chi connectivity index (χ1n) is 3.32. The summed E-state index contributed by atoms with van der Waals surface area (Å²) in [5.41, 5.74) is 0.187. The zero-order chi connectivity index (χ0) is 10.5. The molecule has 0 aliphatic rings. The summed E-state index contributed by atoms with van der Waals surface area (Å²) in [4.78, 5) is 30.5. The molecule has 0 atom stereocenters. The van der Waals surface area contributed by atoms with Crippen molar-refractivity contribution in [3.63, 3.8) is 0 Å². The van der Waals surface area contributed by atoms with E-state index in [-0.39, 0.29) is 49.9 Å². The van der Waals surface area contributed by atoms with Gasteiger partial charge in [-0.3, -0.25) is 0 Å². The maximum atomic E-state index is 10.7. The average molecular weight is 222 g/mol. The van der Waals surface area contributed by atoms with Crippen molar-refractivity contribution >= 4 is 13.8 Å². The van der Waals surface area contributed by atoms with Crippen molar-refractivity contribution < 1.29 is 66.1 Å². The summed E-state index contributed by atoms with van der Waals surface area (Å²) in [7, 11) is -4.96. The zero-order valence-electron chi connectivity index (χ0n) is 9.02. The first-order valence-corrected chi connectivity index (χ1v) is 4.78. The molecule has 0 amide bonds. The fourth-order valence-corrected chi connectivity index (χ4v) is 0.705. The molecule has 0 aromatic heterocycles. The van der Waals surface area contributed by atoms with Crippen molar-refractivity contribution in [3.05, 3.63) is 12.2 Å². The molecule has 0 aliphatic heterocycles. The van der Waals surface area contributed by atoms with Gasteiger partial charge in [0.25, 0.3) is 0 Å². The standard InChI is InChI=1S/C6H11O6P.2Li/c1-5(2)6(7)11-3-4-12-13(8,9)10;;/h1,3-4H2,2H3,(H2,8,9,10);;/q;2*+1/p-2. The summed E-state index contributed by atoms with van der Waals surface area (Å²) in [5.74, 6) is -0.657. The van der Waals surface area contributed by atoms with Gasteiger partial charge < -0.3 is 23.6 Å². The third kappa shape index (κ3) is 14.5. The Morgan fingerprint density at radius 1 is 1.33 bits per heavy atom. The molecule has 0 saturated carbocycles. The van der Waals surface area contributed by atoms with Gasteiger partial charge in [-0.15, -0.1) is 0 Å². The summed E-state index contributed by atoms with van der Waals surface area (Å²) in [6, 6.07) is 0. The van der Waals surface area contributed by atoms with Crippen LogP contribution in [0, 0.1) is 0 Å². The van der Waals surface area contributed by atoms with Crippen molar-refractivity contribution in [2.45, 2.75) is 6.92 Å². The molecule has 0 rings (SSSR count). The second kappa shape index (κ2) is 9.72. The Hall–Kier alpha value is 0.515. The summed E-state index contributed by atoms with van der Waals surface area (Å²) in [6.07, 6.45) is 0. The number of hydrogen-bond donors (Lipinski definition) is 0. The summed E-state index contributed by atoms with van der Waals surface area (Å²) < 4.78 is 18.1. The van der Waals surface area contributed by atoms with Crippen LogP contribution in [0.2, 0.25) is 0 Å². The molecule has 0 unspecified atom stereocenters. The summed E-state index contributed by atoms with van der Waals surface area (Å²) in [5, 5.41) is 0. The van der Waals surface area contributed by atoms with Gasteiger partial charge in [0.05, 0.1) is 14.4 Å². The van der Waals surface area contributed by atoms with E-state index < -0.39 is 20.4 Å². The molecule has 0 N–H and O–H groups in total. The Morgan fingerprint density at radius 2 is 1.80 bits per heavy atom. The maximum absolute atomic E-state index is 10.7. The molecule has 6 nitrogen and oxygen atoms in total. The van der Waals surface area contributed by atoms with Crippen LogP contribution in [0.3, 0.4) is 0 Å². The van der Waals surface area contributed by atoms with Gasteiger partial charge in [0.2, 0.25) is 0 Å². The fraction of sp³-hybridized carbons (Fsp3) is 0.500. The molecule has 0 saturated heterocycles. The van der Waals surface area contributed by atoms with Crippen LogP contribution in [0.1, 0.15) is 6.92 Å². The number of phosphoric ester groups is 1. The van der Waals surface area contributed by atoms with Gasteiger partial charge in [0.15, 0.2) is 0 Å². The van der Waals surface area contributed by atoms with Crippen LogP contribution in [0.25, 0.3) is 0 Å². The monoisotopic (exact) mass is 222 g/mol. The normalized spacial score (nSPS) is 9.53. The van der Waals surface area contributed by atoms with E-state index in [0.29, 0.717) is 0 Å². The molecule has 0 aromatic rings. The molecule has 0 fully saturated rings. The van der Waals surface area contributed by atoms with Crippen molar-refractivity contribution in [2.24, 2.45) is 0 Å². The molecule has 0 aliphatic carbocycles. The molecule has 9 heteroatoms. The van der Waals surface area contributed by atoms with E-state index in [0.717, 1.165) is 0 Å². The minimum Gasteiger partial charge on any atom is -0.790 e. The third-order valence-corrected chi connectivity index (χ3v) is 1.41. The fourth-order valence-electron chi connectivity index (χ4n) is 0.407. The quantitative estimate of drug-likeness (QED) is 0.151. The van der Waals surface area contributed by atoms with Crippen LogP contribution >= 0.6 is 7.82 Å². The van der Waals surface area contributed by atoms with E-state index in [1.165, 1.54) is 6.92 Å². The van der Waals surface area contributed by atoms with Crippen molar-refractivity contribution in [1.82, 2.24) is 0 Å². The Bertz CT molecular complexity index is 250. The first kappa shape index (κ1) is 20.9. The van der Waals surface area contributed by atoms with Gasteiger partial charge in [0.1, 0.15) is 6.61 Å². The second-order valence-corrected chi connectivity index (χ2v) is 3.35. The molecular formula is C6H9Li2O6P. The van der Waals surface area contributed by atoms with Crippen LogP contribution in [-0.2, 0) is 18.6 Å². The Balaban J connectivity index is -0.000000720. The van der Waals surface area contributed by atoms with Gasteiger partial charge in [-0.05, 0) is 6.92 Å².